The Kier molecular flexibility index (Phi) is 5.70. The highest BCUT2D eigenvalue weighted by molar-refractivity contribution is 5.92. The standard InChI is InChI=1S/C23H23N3O3/c27-22(25-21(20-10-6-16-29-20)17-7-2-1-3-8-17)18-11-14-26(15-12-18)23(28)19-9-4-5-13-24-19/h1-10,13,16,18,21H,11-12,14-15H2,(H,25,27)/t21-/m1/s1. The molecule has 0 spiro atoms. The van der Waals surface area contributed by atoms with Crippen molar-refractivity contribution in [3.63, 3.8) is 0 Å². The smallest absolute Gasteiger partial charge is 0.272 e. The van der Waals surface area contributed by atoms with Gasteiger partial charge in [-0.3, -0.25) is 14.6 Å². The number of rotatable bonds is 5. The minimum absolute atomic E-state index is 0.0137. The van der Waals surface area contributed by atoms with Gasteiger partial charge in [-0.15, -0.1) is 0 Å². The van der Waals surface area contributed by atoms with E-state index < -0.39 is 0 Å². The van der Waals surface area contributed by atoms with E-state index in [9.17, 15) is 9.59 Å². The summed E-state index contributed by atoms with van der Waals surface area (Å²) in [7, 11) is 0. The van der Waals surface area contributed by atoms with Crippen LogP contribution in [0.1, 0.15) is 40.7 Å². The molecule has 3 heterocycles. The highest BCUT2D eigenvalue weighted by atomic mass is 16.3. The molecule has 1 N–H and O–H groups in total. The van der Waals surface area contributed by atoms with Gasteiger partial charge in [0.25, 0.3) is 5.91 Å². The van der Waals surface area contributed by atoms with E-state index in [0.29, 0.717) is 37.4 Å². The maximum Gasteiger partial charge on any atom is 0.272 e. The van der Waals surface area contributed by atoms with Gasteiger partial charge in [0, 0.05) is 25.2 Å². The van der Waals surface area contributed by atoms with Crippen molar-refractivity contribution in [2.75, 3.05) is 13.1 Å². The zero-order valence-corrected chi connectivity index (χ0v) is 16.0. The molecule has 2 amide bonds. The second-order valence-electron chi connectivity index (χ2n) is 7.15. The van der Waals surface area contributed by atoms with E-state index in [0.717, 1.165) is 5.56 Å². The summed E-state index contributed by atoms with van der Waals surface area (Å²) in [5.41, 5.74) is 1.41. The molecule has 6 nitrogen and oxygen atoms in total. The molecule has 148 valence electrons. The monoisotopic (exact) mass is 389 g/mol. The molecule has 1 aliphatic heterocycles. The number of furan rings is 1. The number of hydrogen-bond acceptors (Lipinski definition) is 4. The minimum Gasteiger partial charge on any atom is -0.467 e. The third-order valence-corrected chi connectivity index (χ3v) is 5.28. The molecule has 1 atom stereocenters. The van der Waals surface area contributed by atoms with Gasteiger partial charge in [0.05, 0.1) is 6.26 Å². The van der Waals surface area contributed by atoms with Gasteiger partial charge in [-0.2, -0.15) is 0 Å². The summed E-state index contributed by atoms with van der Waals surface area (Å²) in [6, 6.07) is 18.4. The summed E-state index contributed by atoms with van der Waals surface area (Å²) < 4.78 is 5.56. The van der Waals surface area contributed by atoms with Crippen molar-refractivity contribution in [1.82, 2.24) is 15.2 Å². The SMILES string of the molecule is O=C(N[C@H](c1ccccc1)c1ccco1)C1CCN(C(=O)c2ccccn2)CC1. The van der Waals surface area contributed by atoms with Crippen LogP contribution in [-0.2, 0) is 4.79 Å². The lowest BCUT2D eigenvalue weighted by molar-refractivity contribution is -0.126. The molecule has 6 heteroatoms. The van der Waals surface area contributed by atoms with Crippen molar-refractivity contribution in [1.29, 1.82) is 0 Å². The van der Waals surface area contributed by atoms with E-state index >= 15 is 0 Å². The van der Waals surface area contributed by atoms with Crippen LogP contribution < -0.4 is 5.32 Å². The van der Waals surface area contributed by atoms with Gasteiger partial charge in [-0.05, 0) is 42.7 Å². The molecule has 4 rings (SSSR count). The topological polar surface area (TPSA) is 75.4 Å². The quantitative estimate of drug-likeness (QED) is 0.725. The summed E-state index contributed by atoms with van der Waals surface area (Å²) in [6.07, 6.45) is 4.49. The fraction of sp³-hybridized carbons (Fsp3) is 0.261. The second kappa shape index (κ2) is 8.73. The number of nitrogens with zero attached hydrogens (tertiary/aromatic N) is 2. The first-order valence-corrected chi connectivity index (χ1v) is 9.81. The van der Waals surface area contributed by atoms with Crippen LogP contribution in [0.2, 0.25) is 0 Å². The van der Waals surface area contributed by atoms with Gasteiger partial charge >= 0.3 is 0 Å². The summed E-state index contributed by atoms with van der Waals surface area (Å²) in [5.74, 6) is 0.471. The number of aromatic nitrogens is 1. The number of likely N-dealkylation sites (tertiary alicyclic amines) is 1. The van der Waals surface area contributed by atoms with Gasteiger partial charge in [0.1, 0.15) is 17.5 Å². The Morgan fingerprint density at radius 3 is 2.41 bits per heavy atom. The second-order valence-corrected chi connectivity index (χ2v) is 7.15. The number of amides is 2. The summed E-state index contributed by atoms with van der Waals surface area (Å²) >= 11 is 0. The number of hydrogen-bond donors (Lipinski definition) is 1. The predicted molar refractivity (Wildman–Crippen MR) is 108 cm³/mol. The Balaban J connectivity index is 1.39. The fourth-order valence-electron chi connectivity index (χ4n) is 3.68. The lowest BCUT2D eigenvalue weighted by Crippen LogP contribution is -2.44. The highest BCUT2D eigenvalue weighted by Gasteiger charge is 2.30. The van der Waals surface area contributed by atoms with Gasteiger partial charge in [0.2, 0.25) is 5.91 Å². The van der Waals surface area contributed by atoms with Crippen LogP contribution in [0.15, 0.2) is 77.5 Å². The number of pyridine rings is 1. The molecule has 0 aliphatic carbocycles. The maximum absolute atomic E-state index is 13.0. The third kappa shape index (κ3) is 4.37. The van der Waals surface area contributed by atoms with Gasteiger partial charge in [0.15, 0.2) is 0 Å². The third-order valence-electron chi connectivity index (χ3n) is 5.28. The fourth-order valence-corrected chi connectivity index (χ4v) is 3.68. The Hall–Kier alpha value is -3.41. The minimum atomic E-state index is -0.327. The lowest BCUT2D eigenvalue weighted by Gasteiger charge is -2.32. The Bertz CT molecular complexity index is 934. The Labute approximate surface area is 169 Å². The van der Waals surface area contributed by atoms with E-state index in [2.05, 4.69) is 10.3 Å². The molecule has 1 aromatic carbocycles. The van der Waals surface area contributed by atoms with Crippen LogP contribution in [0.4, 0.5) is 0 Å². The van der Waals surface area contributed by atoms with Crippen LogP contribution in [0.5, 0.6) is 0 Å². The van der Waals surface area contributed by atoms with Crippen molar-refractivity contribution in [3.05, 3.63) is 90.1 Å². The number of carbonyl (C=O) groups is 2. The Morgan fingerprint density at radius 1 is 1.00 bits per heavy atom. The number of benzene rings is 1. The van der Waals surface area contributed by atoms with Crippen molar-refractivity contribution < 1.29 is 14.0 Å². The van der Waals surface area contributed by atoms with Gasteiger partial charge in [-0.25, -0.2) is 0 Å². The number of nitrogens with one attached hydrogen (secondary N) is 1. The number of piperidine rings is 1. The average molecular weight is 389 g/mol. The molecule has 0 radical (unpaired) electrons. The maximum atomic E-state index is 13.0. The highest BCUT2D eigenvalue weighted by Crippen LogP contribution is 2.25. The van der Waals surface area contributed by atoms with Crippen LogP contribution in [0.25, 0.3) is 0 Å². The molecular formula is C23H23N3O3. The van der Waals surface area contributed by atoms with E-state index in [1.807, 2.05) is 42.5 Å². The largest absolute Gasteiger partial charge is 0.467 e. The molecule has 0 unspecified atom stereocenters. The number of carbonyl (C=O) groups excluding carboxylic acids is 2. The zero-order valence-electron chi connectivity index (χ0n) is 16.0. The van der Waals surface area contributed by atoms with Crippen LogP contribution in [0.3, 0.4) is 0 Å². The summed E-state index contributed by atoms with van der Waals surface area (Å²) in [5, 5.41) is 3.13. The van der Waals surface area contributed by atoms with Gasteiger partial charge in [-0.1, -0.05) is 36.4 Å². The van der Waals surface area contributed by atoms with E-state index in [4.69, 9.17) is 4.42 Å². The molecule has 29 heavy (non-hydrogen) atoms. The van der Waals surface area contributed by atoms with E-state index in [1.54, 1.807) is 35.6 Å². The Morgan fingerprint density at radius 2 is 1.76 bits per heavy atom. The molecule has 3 aromatic rings. The van der Waals surface area contributed by atoms with E-state index in [-0.39, 0.29) is 23.8 Å². The van der Waals surface area contributed by atoms with Gasteiger partial charge < -0.3 is 14.6 Å². The van der Waals surface area contributed by atoms with E-state index in [1.165, 1.54) is 0 Å². The predicted octanol–water partition coefficient (Wildman–Crippen LogP) is 3.43. The van der Waals surface area contributed by atoms with Crippen LogP contribution >= 0.6 is 0 Å². The van der Waals surface area contributed by atoms with Crippen molar-refractivity contribution in [2.45, 2.75) is 18.9 Å². The van der Waals surface area contributed by atoms with Crippen molar-refractivity contribution >= 4 is 11.8 Å². The molecule has 1 saturated heterocycles. The first kappa shape index (κ1) is 18.9. The lowest BCUT2D eigenvalue weighted by atomic mass is 9.94. The molecule has 1 fully saturated rings. The molecular weight excluding hydrogens is 366 g/mol. The average Bonchev–Trinajstić information content (AvgIpc) is 3.33. The molecule has 0 bridgehead atoms. The first-order valence-electron chi connectivity index (χ1n) is 9.81. The van der Waals surface area contributed by atoms with Crippen molar-refractivity contribution in [2.24, 2.45) is 5.92 Å². The molecule has 0 saturated carbocycles. The summed E-state index contributed by atoms with van der Waals surface area (Å²) in [6.45, 7) is 1.09. The normalized spacial score (nSPS) is 15.7. The first-order chi connectivity index (χ1) is 14.2. The van der Waals surface area contributed by atoms with Crippen LogP contribution in [0, 0.1) is 5.92 Å². The molecule has 2 aromatic heterocycles. The summed E-state index contributed by atoms with van der Waals surface area (Å²) in [4.78, 5) is 31.4. The zero-order chi connectivity index (χ0) is 20.1. The molecule has 1 aliphatic rings. The van der Waals surface area contributed by atoms with Crippen molar-refractivity contribution in [3.8, 4) is 0 Å². The van der Waals surface area contributed by atoms with Crippen LogP contribution in [-0.4, -0.2) is 34.8 Å².